The summed E-state index contributed by atoms with van der Waals surface area (Å²) >= 11 is 6.04. The Kier molecular flexibility index (Phi) is 5.37. The predicted molar refractivity (Wildman–Crippen MR) is 80.3 cm³/mol. The molecule has 2 heterocycles. The normalized spacial score (nSPS) is 18.8. The van der Waals surface area contributed by atoms with Gasteiger partial charge in [0.1, 0.15) is 11.9 Å². The first-order valence-corrected chi connectivity index (χ1v) is 7.20. The Hall–Kier alpha value is -1.39. The molecule has 0 radical (unpaired) electrons. The molecule has 1 fully saturated rings. The summed E-state index contributed by atoms with van der Waals surface area (Å²) in [6.07, 6.45) is 1.45. The number of nitrogens with zero attached hydrogens (tertiary/aromatic N) is 3. The van der Waals surface area contributed by atoms with E-state index in [1.54, 1.807) is 13.0 Å². The van der Waals surface area contributed by atoms with Gasteiger partial charge in [0.05, 0.1) is 29.4 Å². The van der Waals surface area contributed by atoms with E-state index < -0.39 is 5.60 Å². The number of nitrogens with one attached hydrogen (secondary N) is 1. The third-order valence-corrected chi connectivity index (χ3v) is 3.56. The summed E-state index contributed by atoms with van der Waals surface area (Å²) < 4.78 is 5.29. The number of hydrogen-bond donors (Lipinski definition) is 2. The zero-order valence-electron chi connectivity index (χ0n) is 12.0. The number of hydrogen-bond acceptors (Lipinski definition) is 6. The molecule has 7 heteroatoms. The second-order valence-corrected chi connectivity index (χ2v) is 5.81. The Morgan fingerprint density at radius 2 is 2.29 bits per heavy atom. The zero-order valence-corrected chi connectivity index (χ0v) is 12.7. The Morgan fingerprint density at radius 1 is 1.57 bits per heavy atom. The summed E-state index contributed by atoms with van der Waals surface area (Å²) in [6.45, 7) is 5.70. The monoisotopic (exact) mass is 310 g/mol. The van der Waals surface area contributed by atoms with Gasteiger partial charge in [0.2, 0.25) is 0 Å². The second-order valence-electron chi connectivity index (χ2n) is 5.41. The van der Waals surface area contributed by atoms with Gasteiger partial charge < -0.3 is 15.2 Å². The van der Waals surface area contributed by atoms with E-state index in [2.05, 4.69) is 15.2 Å². The van der Waals surface area contributed by atoms with Crippen LogP contribution in [0.1, 0.15) is 12.5 Å². The van der Waals surface area contributed by atoms with Crippen LogP contribution in [0.4, 0.5) is 5.82 Å². The fraction of sp³-hybridized carbons (Fsp3) is 0.571. The average molecular weight is 311 g/mol. The molecule has 0 spiro atoms. The van der Waals surface area contributed by atoms with Crippen LogP contribution in [0.15, 0.2) is 12.3 Å². The fourth-order valence-corrected chi connectivity index (χ4v) is 2.43. The maximum Gasteiger partial charge on any atom is 0.144 e. The summed E-state index contributed by atoms with van der Waals surface area (Å²) in [6, 6.07) is 3.53. The lowest BCUT2D eigenvalue weighted by Gasteiger charge is -2.34. The van der Waals surface area contributed by atoms with Gasteiger partial charge in [-0.2, -0.15) is 5.26 Å². The molecular weight excluding hydrogens is 292 g/mol. The van der Waals surface area contributed by atoms with E-state index in [0.717, 1.165) is 13.1 Å². The summed E-state index contributed by atoms with van der Waals surface area (Å²) in [7, 11) is 0. The van der Waals surface area contributed by atoms with Crippen molar-refractivity contribution in [2.45, 2.75) is 12.5 Å². The van der Waals surface area contributed by atoms with Crippen LogP contribution in [0.3, 0.4) is 0 Å². The second kappa shape index (κ2) is 7.05. The molecule has 2 N–H and O–H groups in total. The van der Waals surface area contributed by atoms with Crippen LogP contribution in [0.25, 0.3) is 0 Å². The molecule has 21 heavy (non-hydrogen) atoms. The average Bonchev–Trinajstić information content (AvgIpc) is 2.46. The molecule has 0 aliphatic carbocycles. The Morgan fingerprint density at radius 3 is 2.90 bits per heavy atom. The molecule has 1 unspecified atom stereocenters. The van der Waals surface area contributed by atoms with Crippen LogP contribution in [0, 0.1) is 11.3 Å². The molecule has 1 aromatic rings. The van der Waals surface area contributed by atoms with Crippen molar-refractivity contribution in [1.29, 1.82) is 5.26 Å². The van der Waals surface area contributed by atoms with Crippen molar-refractivity contribution >= 4 is 17.4 Å². The lowest BCUT2D eigenvalue weighted by molar-refractivity contribution is -0.0163. The van der Waals surface area contributed by atoms with Crippen LogP contribution >= 0.6 is 11.6 Å². The number of aromatic nitrogens is 1. The van der Waals surface area contributed by atoms with Crippen LogP contribution in [-0.2, 0) is 4.74 Å². The number of anilines is 1. The van der Waals surface area contributed by atoms with E-state index in [4.69, 9.17) is 21.6 Å². The molecule has 0 saturated carbocycles. The van der Waals surface area contributed by atoms with Crippen molar-refractivity contribution in [3.05, 3.63) is 22.8 Å². The zero-order chi connectivity index (χ0) is 15.3. The highest BCUT2D eigenvalue weighted by Gasteiger charge is 2.25. The molecule has 6 nitrogen and oxygen atoms in total. The summed E-state index contributed by atoms with van der Waals surface area (Å²) in [4.78, 5) is 6.25. The van der Waals surface area contributed by atoms with Gasteiger partial charge in [-0.25, -0.2) is 4.98 Å². The lowest BCUT2D eigenvalue weighted by atomic mass is 10.1. The van der Waals surface area contributed by atoms with Crippen LogP contribution in [-0.4, -0.2) is 60.0 Å². The minimum absolute atomic E-state index is 0.322. The topological polar surface area (TPSA) is 81.4 Å². The number of nitriles is 1. The summed E-state index contributed by atoms with van der Waals surface area (Å²) in [5.74, 6) is 0.470. The molecule has 1 aliphatic rings. The number of aliphatic hydroxyl groups is 1. The van der Waals surface area contributed by atoms with Crippen LogP contribution < -0.4 is 5.32 Å². The van der Waals surface area contributed by atoms with E-state index in [9.17, 15) is 5.11 Å². The highest BCUT2D eigenvalue weighted by Crippen LogP contribution is 2.20. The standard InChI is InChI=1S/C14H19ClN4O2/c1-14(20,10-19-2-4-21-5-3-19)9-18-13-12(15)6-11(7-16)8-17-13/h6,8,20H,2-5,9-10H2,1H3,(H,17,18). The number of halogens is 1. The molecule has 2 rings (SSSR count). The van der Waals surface area contributed by atoms with E-state index >= 15 is 0 Å². The van der Waals surface area contributed by atoms with E-state index in [1.165, 1.54) is 6.20 Å². The quantitative estimate of drug-likeness (QED) is 0.847. The van der Waals surface area contributed by atoms with E-state index in [0.29, 0.717) is 42.7 Å². The first-order chi connectivity index (χ1) is 10.00. The van der Waals surface area contributed by atoms with Gasteiger partial charge in [-0.15, -0.1) is 0 Å². The lowest BCUT2D eigenvalue weighted by Crippen LogP contribution is -2.49. The molecular formula is C14H19ClN4O2. The van der Waals surface area contributed by atoms with Gasteiger partial charge in [-0.3, -0.25) is 4.90 Å². The third kappa shape index (κ3) is 4.83. The van der Waals surface area contributed by atoms with Crippen molar-refractivity contribution in [1.82, 2.24) is 9.88 Å². The van der Waals surface area contributed by atoms with E-state index in [1.807, 2.05) is 6.07 Å². The van der Waals surface area contributed by atoms with Crippen molar-refractivity contribution in [3.8, 4) is 6.07 Å². The molecule has 0 aromatic carbocycles. The number of ether oxygens (including phenoxy) is 1. The molecule has 0 bridgehead atoms. The molecule has 114 valence electrons. The smallest absolute Gasteiger partial charge is 0.144 e. The predicted octanol–water partition coefficient (Wildman–Crippen LogP) is 1.10. The van der Waals surface area contributed by atoms with Gasteiger partial charge >= 0.3 is 0 Å². The summed E-state index contributed by atoms with van der Waals surface area (Å²) in [5.41, 5.74) is -0.499. The SMILES string of the molecule is CC(O)(CNc1ncc(C#N)cc1Cl)CN1CCOCC1. The minimum atomic E-state index is -0.906. The van der Waals surface area contributed by atoms with Gasteiger partial charge in [0.25, 0.3) is 0 Å². The minimum Gasteiger partial charge on any atom is -0.387 e. The highest BCUT2D eigenvalue weighted by atomic mass is 35.5. The first kappa shape index (κ1) is 16.0. The number of pyridine rings is 1. The largest absolute Gasteiger partial charge is 0.387 e. The van der Waals surface area contributed by atoms with Gasteiger partial charge in [-0.05, 0) is 13.0 Å². The van der Waals surface area contributed by atoms with Crippen molar-refractivity contribution < 1.29 is 9.84 Å². The molecule has 1 saturated heterocycles. The first-order valence-electron chi connectivity index (χ1n) is 6.82. The third-order valence-electron chi connectivity index (χ3n) is 3.27. The molecule has 0 amide bonds. The van der Waals surface area contributed by atoms with Crippen molar-refractivity contribution in [2.24, 2.45) is 0 Å². The fourth-order valence-electron chi connectivity index (χ4n) is 2.20. The van der Waals surface area contributed by atoms with Gasteiger partial charge in [-0.1, -0.05) is 11.6 Å². The van der Waals surface area contributed by atoms with Gasteiger partial charge in [0, 0.05) is 32.4 Å². The Bertz CT molecular complexity index is 524. The van der Waals surface area contributed by atoms with Crippen LogP contribution in [0.5, 0.6) is 0 Å². The number of β-amino-alcohol motifs (C(OH)–C–C–N with tert-alkyl or cyclic N) is 1. The number of rotatable bonds is 5. The van der Waals surface area contributed by atoms with Crippen LogP contribution in [0.2, 0.25) is 5.02 Å². The maximum atomic E-state index is 10.5. The molecule has 1 aromatic heterocycles. The van der Waals surface area contributed by atoms with E-state index in [-0.39, 0.29) is 0 Å². The Balaban J connectivity index is 1.90. The summed E-state index contributed by atoms with van der Waals surface area (Å²) in [5, 5.41) is 22.6. The van der Waals surface area contributed by atoms with Crippen molar-refractivity contribution in [2.75, 3.05) is 44.7 Å². The highest BCUT2D eigenvalue weighted by molar-refractivity contribution is 6.33. The molecule has 1 aliphatic heterocycles. The van der Waals surface area contributed by atoms with Crippen molar-refractivity contribution in [3.63, 3.8) is 0 Å². The van der Waals surface area contributed by atoms with Gasteiger partial charge in [0.15, 0.2) is 0 Å². The maximum absolute atomic E-state index is 10.5. The molecule has 1 atom stereocenters. The number of morpholine rings is 1. The Labute approximate surface area is 129 Å².